The van der Waals surface area contributed by atoms with E-state index in [-0.39, 0.29) is 0 Å². The van der Waals surface area contributed by atoms with Gasteiger partial charge in [0.1, 0.15) is 0 Å². The van der Waals surface area contributed by atoms with Gasteiger partial charge >= 0.3 is 5.71 Å². The first-order valence-corrected chi connectivity index (χ1v) is 5.53. The lowest BCUT2D eigenvalue weighted by atomic mass is 10.1. The lowest BCUT2D eigenvalue weighted by molar-refractivity contribution is -0.00599. The third-order valence-corrected chi connectivity index (χ3v) is 2.53. The van der Waals surface area contributed by atoms with Crippen molar-refractivity contribution in [3.63, 3.8) is 0 Å². The molecule has 0 aromatic heterocycles. The summed E-state index contributed by atoms with van der Waals surface area (Å²) in [5, 5.41) is 0. The van der Waals surface area contributed by atoms with E-state index in [1.165, 1.54) is 5.57 Å². The van der Waals surface area contributed by atoms with Crippen LogP contribution < -0.4 is 0 Å². The van der Waals surface area contributed by atoms with Gasteiger partial charge in [0.15, 0.2) is 0 Å². The fourth-order valence-electron chi connectivity index (χ4n) is 1.16. The maximum atomic E-state index is 8.91. The molecule has 0 N–H and O–H groups in total. The number of halogens is 1. The Hall–Kier alpha value is -1.18. The van der Waals surface area contributed by atoms with E-state index in [9.17, 15) is 0 Å². The summed E-state index contributed by atoms with van der Waals surface area (Å²) in [6, 6.07) is 7.72. The smallest absolute Gasteiger partial charge is 0.302 e. The van der Waals surface area contributed by atoms with Crippen LogP contribution in [0.2, 0.25) is 0 Å². The molecule has 0 saturated carbocycles. The van der Waals surface area contributed by atoms with Crippen LogP contribution in [0.15, 0.2) is 40.4 Å². The Morgan fingerprint density at radius 3 is 2.40 bits per heavy atom. The maximum absolute atomic E-state index is 8.91. The summed E-state index contributed by atoms with van der Waals surface area (Å²) in [7, 11) is 0. The van der Waals surface area contributed by atoms with E-state index >= 15 is 0 Å². The van der Waals surface area contributed by atoms with Gasteiger partial charge in [0.05, 0.1) is 12.0 Å². The van der Waals surface area contributed by atoms with E-state index in [1.54, 1.807) is 0 Å². The Morgan fingerprint density at radius 1 is 1.33 bits per heavy atom. The molecule has 0 spiro atoms. The lowest BCUT2D eigenvalue weighted by Gasteiger charge is -1.95. The summed E-state index contributed by atoms with van der Waals surface area (Å²) in [6.45, 7) is 4.05. The van der Waals surface area contributed by atoms with Crippen LogP contribution in [0, 0.1) is 0 Å². The van der Waals surface area contributed by atoms with Crippen molar-refractivity contribution in [1.82, 2.24) is 0 Å². The second kappa shape index (κ2) is 5.64. The number of hydrogen-bond donors (Lipinski definition) is 0. The molecule has 1 rings (SSSR count). The van der Waals surface area contributed by atoms with Crippen molar-refractivity contribution in [2.45, 2.75) is 20.3 Å². The molecule has 0 fully saturated rings. The largest absolute Gasteiger partial charge is 0.361 e. The van der Waals surface area contributed by atoms with Crippen LogP contribution in [0.5, 0.6) is 0 Å². The zero-order valence-corrected chi connectivity index (χ0v) is 10.5. The SMILES string of the molecule is CC(C)=CCC(=[N+]=[N-])c1ccc(Br)cc1. The molecule has 0 aliphatic carbocycles. The minimum Gasteiger partial charge on any atom is -0.361 e. The van der Waals surface area contributed by atoms with Crippen molar-refractivity contribution in [3.8, 4) is 0 Å². The van der Waals surface area contributed by atoms with E-state index in [4.69, 9.17) is 5.53 Å². The summed E-state index contributed by atoms with van der Waals surface area (Å²) >= 11 is 3.36. The number of benzene rings is 1. The number of allylic oxidation sites excluding steroid dienone is 2. The van der Waals surface area contributed by atoms with Gasteiger partial charge in [0.2, 0.25) is 0 Å². The topological polar surface area (TPSA) is 36.4 Å². The van der Waals surface area contributed by atoms with Crippen LogP contribution in [0.4, 0.5) is 0 Å². The third kappa shape index (κ3) is 3.82. The molecular weight excluding hydrogens is 252 g/mol. The minimum absolute atomic E-state index is 0.653. The molecule has 0 aliphatic heterocycles. The monoisotopic (exact) mass is 264 g/mol. The average Bonchev–Trinajstić information content (AvgIpc) is 2.21. The van der Waals surface area contributed by atoms with Gasteiger partial charge in [0, 0.05) is 4.47 Å². The first kappa shape index (κ1) is 11.9. The summed E-state index contributed by atoms with van der Waals surface area (Å²) < 4.78 is 1.02. The first-order valence-electron chi connectivity index (χ1n) is 4.73. The van der Waals surface area contributed by atoms with Crippen molar-refractivity contribution in [2.75, 3.05) is 0 Å². The van der Waals surface area contributed by atoms with E-state index in [0.717, 1.165) is 10.0 Å². The van der Waals surface area contributed by atoms with Crippen molar-refractivity contribution in [2.24, 2.45) is 0 Å². The van der Waals surface area contributed by atoms with Crippen LogP contribution in [-0.4, -0.2) is 10.5 Å². The van der Waals surface area contributed by atoms with Gasteiger partial charge in [-0.15, -0.1) is 0 Å². The van der Waals surface area contributed by atoms with E-state index < -0.39 is 0 Å². The summed E-state index contributed by atoms with van der Waals surface area (Å²) in [4.78, 5) is 3.32. The van der Waals surface area contributed by atoms with Crippen molar-refractivity contribution in [1.29, 1.82) is 0 Å². The van der Waals surface area contributed by atoms with E-state index in [0.29, 0.717) is 12.1 Å². The molecule has 15 heavy (non-hydrogen) atoms. The summed E-state index contributed by atoms with van der Waals surface area (Å²) in [5.74, 6) is 0. The number of hydrogen-bond acceptors (Lipinski definition) is 0. The van der Waals surface area contributed by atoms with Crippen molar-refractivity contribution >= 4 is 21.6 Å². The first-order chi connectivity index (χ1) is 7.13. The number of nitrogens with zero attached hydrogens (tertiary/aromatic N) is 2. The van der Waals surface area contributed by atoms with Crippen molar-refractivity contribution < 1.29 is 4.79 Å². The predicted octanol–water partition coefficient (Wildman–Crippen LogP) is 3.82. The van der Waals surface area contributed by atoms with Crippen LogP contribution in [0.3, 0.4) is 0 Å². The fraction of sp³-hybridized carbons (Fsp3) is 0.250. The Balaban J connectivity index is 2.90. The Bertz CT molecular complexity index is 408. The van der Waals surface area contributed by atoms with Crippen LogP contribution >= 0.6 is 15.9 Å². The Morgan fingerprint density at radius 2 is 1.93 bits per heavy atom. The molecule has 78 valence electrons. The Labute approximate surface area is 98.4 Å². The predicted molar refractivity (Wildman–Crippen MR) is 65.9 cm³/mol. The van der Waals surface area contributed by atoms with Gasteiger partial charge in [-0.25, -0.2) is 0 Å². The molecule has 1 aromatic carbocycles. The van der Waals surface area contributed by atoms with Crippen molar-refractivity contribution in [3.05, 3.63) is 51.5 Å². The van der Waals surface area contributed by atoms with E-state index in [2.05, 4.69) is 20.7 Å². The zero-order chi connectivity index (χ0) is 11.3. The highest BCUT2D eigenvalue weighted by Crippen LogP contribution is 2.12. The second-order valence-corrected chi connectivity index (χ2v) is 4.45. The molecule has 0 atom stereocenters. The maximum Gasteiger partial charge on any atom is 0.302 e. The standard InChI is InChI=1S/C12H13BrN2/c1-9(2)3-8-12(15-14)10-4-6-11(13)7-5-10/h3-7H,8H2,1-2H3. The molecule has 2 nitrogen and oxygen atoms in total. The lowest BCUT2D eigenvalue weighted by Crippen LogP contribution is -2.00. The van der Waals surface area contributed by atoms with Gasteiger partial charge in [-0.3, -0.25) is 0 Å². The van der Waals surface area contributed by atoms with Crippen LogP contribution in [0.1, 0.15) is 25.8 Å². The zero-order valence-electron chi connectivity index (χ0n) is 8.87. The molecule has 0 heterocycles. The minimum atomic E-state index is 0.653. The van der Waals surface area contributed by atoms with Gasteiger partial charge in [-0.1, -0.05) is 27.6 Å². The highest BCUT2D eigenvalue weighted by Gasteiger charge is 2.09. The molecular formula is C12H13BrN2. The second-order valence-electron chi connectivity index (χ2n) is 3.54. The van der Waals surface area contributed by atoms with Gasteiger partial charge < -0.3 is 5.53 Å². The molecule has 0 radical (unpaired) electrons. The van der Waals surface area contributed by atoms with Crippen LogP contribution in [-0.2, 0) is 0 Å². The molecule has 3 heteroatoms. The van der Waals surface area contributed by atoms with Gasteiger partial charge in [0.25, 0.3) is 0 Å². The van der Waals surface area contributed by atoms with Crippen LogP contribution in [0.25, 0.3) is 5.53 Å². The van der Waals surface area contributed by atoms with E-state index in [1.807, 2.05) is 44.2 Å². The normalized spacial score (nSPS) is 9.27. The highest BCUT2D eigenvalue weighted by molar-refractivity contribution is 9.10. The molecule has 0 amide bonds. The molecule has 0 unspecified atom stereocenters. The summed E-state index contributed by atoms with van der Waals surface area (Å²) in [5.41, 5.74) is 11.8. The fourth-order valence-corrected chi connectivity index (χ4v) is 1.42. The molecule has 0 aliphatic rings. The summed E-state index contributed by atoms with van der Waals surface area (Å²) in [6.07, 6.45) is 2.69. The quantitative estimate of drug-likeness (QED) is 0.345. The number of rotatable bonds is 3. The molecule has 0 saturated heterocycles. The third-order valence-electron chi connectivity index (χ3n) is 2.00. The highest BCUT2D eigenvalue weighted by atomic mass is 79.9. The average molecular weight is 265 g/mol. The molecule has 0 bridgehead atoms. The van der Waals surface area contributed by atoms with Gasteiger partial charge in [-0.05, 0) is 38.1 Å². The van der Waals surface area contributed by atoms with Gasteiger partial charge in [-0.2, -0.15) is 4.79 Å². The Kier molecular flexibility index (Phi) is 4.47. The molecule has 1 aromatic rings.